The van der Waals surface area contributed by atoms with Crippen molar-refractivity contribution in [1.29, 1.82) is 0 Å². The molecule has 0 aliphatic rings. The van der Waals surface area contributed by atoms with Gasteiger partial charge in [0.25, 0.3) is 0 Å². The minimum atomic E-state index is -0.445. The van der Waals surface area contributed by atoms with Gasteiger partial charge in [-0.3, -0.25) is 0 Å². The minimum Gasteiger partial charge on any atom is -0.462 e. The second-order valence-corrected chi connectivity index (χ2v) is 11.7. The van der Waals surface area contributed by atoms with Crippen molar-refractivity contribution >= 4 is 88.1 Å². The Bertz CT molecular complexity index is 2470. The van der Waals surface area contributed by atoms with Crippen LogP contribution < -0.4 is 0 Å². The summed E-state index contributed by atoms with van der Waals surface area (Å²) in [5, 5.41) is 9.14. The van der Waals surface area contributed by atoms with Crippen molar-refractivity contribution in [1.82, 2.24) is 0 Å². The summed E-state index contributed by atoms with van der Waals surface area (Å²) in [6, 6.07) is 39.7. The highest BCUT2D eigenvalue weighted by Crippen LogP contribution is 2.34. The first kappa shape index (κ1) is 29.3. The van der Waals surface area contributed by atoms with Gasteiger partial charge >= 0.3 is 11.9 Å². The number of ether oxygens (including phenoxy) is 2. The lowest BCUT2D eigenvalue weighted by molar-refractivity contribution is 0.0518. The molecule has 0 saturated heterocycles. The topological polar surface area (TPSA) is 78.9 Å². The molecular formula is C42H30O6. The van der Waals surface area contributed by atoms with E-state index in [-0.39, 0.29) is 13.2 Å². The molecule has 5 heterocycles. The maximum atomic E-state index is 13.2. The van der Waals surface area contributed by atoms with Gasteiger partial charge in [0.1, 0.15) is 33.5 Å². The Morgan fingerprint density at radius 2 is 0.792 bits per heavy atom. The van der Waals surface area contributed by atoms with E-state index in [0.717, 1.165) is 53.9 Å². The number of esters is 2. The lowest BCUT2D eigenvalue weighted by Gasteiger charge is -2.06. The molecule has 5 aromatic heterocycles. The Morgan fingerprint density at radius 3 is 1.17 bits per heavy atom. The van der Waals surface area contributed by atoms with Crippen molar-refractivity contribution in [3.05, 3.63) is 132 Å². The summed E-state index contributed by atoms with van der Waals surface area (Å²) >= 11 is 0. The fourth-order valence-electron chi connectivity index (χ4n) is 6.26. The van der Waals surface area contributed by atoms with Crippen molar-refractivity contribution in [2.24, 2.45) is 0 Å². The van der Waals surface area contributed by atoms with E-state index < -0.39 is 11.9 Å². The predicted molar refractivity (Wildman–Crippen MR) is 192 cm³/mol. The zero-order valence-corrected chi connectivity index (χ0v) is 26.4. The van der Waals surface area contributed by atoms with Crippen LogP contribution in [0.4, 0.5) is 0 Å². The SMILES string of the molecule is CCOC(=O)c1cc2oc1c1ccc3ccc4ccc(cc4c3c1)c1oc(cc1C(=O)OCC)c1ccc(ccc3ccc2cc3)cc1. The van der Waals surface area contributed by atoms with Gasteiger partial charge in [-0.1, -0.05) is 97.1 Å². The van der Waals surface area contributed by atoms with Gasteiger partial charge in [0.2, 0.25) is 0 Å². The molecule has 0 amide bonds. The Balaban J connectivity index is 1.52. The van der Waals surface area contributed by atoms with Gasteiger partial charge in [-0.05, 0) is 70.4 Å². The maximum absolute atomic E-state index is 13.2. The Morgan fingerprint density at radius 1 is 0.458 bits per heavy atom. The van der Waals surface area contributed by atoms with Gasteiger partial charge in [-0.2, -0.15) is 0 Å². The molecule has 48 heavy (non-hydrogen) atoms. The molecule has 0 atom stereocenters. The number of fused-ring (bicyclic) bond motifs is 2. The quantitative estimate of drug-likeness (QED) is 0.142. The van der Waals surface area contributed by atoms with Crippen LogP contribution in [0.15, 0.2) is 130 Å². The summed E-state index contributed by atoms with van der Waals surface area (Å²) in [6.07, 6.45) is 0. The number of hydrogen-bond donors (Lipinski definition) is 0. The number of hydrogen-bond acceptors (Lipinski definition) is 6. The molecule has 0 unspecified atom stereocenters. The normalized spacial score (nSPS) is 11.5. The summed E-state index contributed by atoms with van der Waals surface area (Å²) in [6.45, 7) is 4.07. The van der Waals surface area contributed by atoms with Gasteiger partial charge in [-0.15, -0.1) is 0 Å². The van der Waals surface area contributed by atoms with E-state index in [9.17, 15) is 9.59 Å². The highest BCUT2D eigenvalue weighted by molar-refractivity contribution is 6.14. The summed E-state index contributed by atoms with van der Waals surface area (Å²) in [5.74, 6) is -0.891. The molecule has 6 heteroatoms. The zero-order valence-electron chi connectivity index (χ0n) is 26.4. The first-order chi connectivity index (χ1) is 23.5. The summed E-state index contributed by atoms with van der Waals surface area (Å²) in [4.78, 5) is 26.4. The minimum absolute atomic E-state index is 0.246. The van der Waals surface area contributed by atoms with E-state index in [1.807, 2.05) is 97.1 Å². The molecule has 10 aromatic rings. The van der Waals surface area contributed by atoms with E-state index >= 15 is 0 Å². The maximum Gasteiger partial charge on any atom is 0.342 e. The highest BCUT2D eigenvalue weighted by Gasteiger charge is 2.18. The average molecular weight is 631 g/mol. The molecular weight excluding hydrogens is 600 g/mol. The molecule has 234 valence electrons. The van der Waals surface area contributed by atoms with Crippen molar-refractivity contribution in [3.63, 3.8) is 0 Å². The lowest BCUT2D eigenvalue weighted by atomic mass is 9.99. The van der Waals surface area contributed by atoms with E-state index in [1.54, 1.807) is 26.0 Å². The first-order valence-electron chi connectivity index (χ1n) is 16.0. The van der Waals surface area contributed by atoms with Gasteiger partial charge in [0.15, 0.2) is 0 Å². The largest absolute Gasteiger partial charge is 0.462 e. The van der Waals surface area contributed by atoms with E-state index in [1.165, 1.54) is 0 Å². The van der Waals surface area contributed by atoms with Crippen LogP contribution in [0.5, 0.6) is 0 Å². The Hall–Kier alpha value is -6.14. The number of carbonyl (C=O) groups is 2. The molecule has 0 fully saturated rings. The molecule has 10 rings (SSSR count). The molecule has 0 radical (unpaired) electrons. The molecule has 0 aliphatic heterocycles. The summed E-state index contributed by atoms with van der Waals surface area (Å²) in [7, 11) is 0. The van der Waals surface area contributed by atoms with Crippen molar-refractivity contribution in [2.45, 2.75) is 13.8 Å². The first-order valence-corrected chi connectivity index (χ1v) is 16.0. The van der Waals surface area contributed by atoms with Crippen LogP contribution in [0.25, 0.3) is 76.2 Å². The summed E-state index contributed by atoms with van der Waals surface area (Å²) in [5.41, 5.74) is 2.74. The fourth-order valence-corrected chi connectivity index (χ4v) is 6.26. The van der Waals surface area contributed by atoms with E-state index in [0.29, 0.717) is 33.5 Å². The molecule has 0 saturated carbocycles. The van der Waals surface area contributed by atoms with Crippen LogP contribution in [-0.4, -0.2) is 25.2 Å². The summed E-state index contributed by atoms with van der Waals surface area (Å²) < 4.78 is 23.8. The predicted octanol–water partition coefficient (Wildman–Crippen LogP) is 11.0. The van der Waals surface area contributed by atoms with Gasteiger partial charge in [0, 0.05) is 21.5 Å². The Labute approximate surface area is 275 Å². The molecule has 0 N–H and O–H groups in total. The lowest BCUT2D eigenvalue weighted by Crippen LogP contribution is -2.03. The molecule has 5 aromatic carbocycles. The van der Waals surface area contributed by atoms with E-state index in [2.05, 4.69) is 12.1 Å². The monoisotopic (exact) mass is 630 g/mol. The number of furan rings is 2. The molecule has 0 spiro atoms. The van der Waals surface area contributed by atoms with Gasteiger partial charge < -0.3 is 18.3 Å². The number of rotatable bonds is 4. The van der Waals surface area contributed by atoms with Crippen LogP contribution in [0, 0.1) is 0 Å². The van der Waals surface area contributed by atoms with Gasteiger partial charge in [-0.25, -0.2) is 9.59 Å². The molecule has 12 bridgehead atoms. The second kappa shape index (κ2) is 11.9. The van der Waals surface area contributed by atoms with Crippen molar-refractivity contribution in [2.75, 3.05) is 13.2 Å². The third kappa shape index (κ3) is 5.17. The highest BCUT2D eigenvalue weighted by atomic mass is 16.5. The average Bonchev–Trinajstić information content (AvgIpc) is 3.77. The van der Waals surface area contributed by atoms with Crippen LogP contribution in [-0.2, 0) is 9.47 Å². The standard InChI is InChI=1S/C42H30O6/c1-3-45-41(43)35-23-37-29-11-7-25(8-12-29)5-6-26-9-13-30(14-10-26)38-24-36(42(44)46-4-2)40(48-38)32-20-18-28-16-15-27-17-19-31(39(35)47-37)21-33(27)34(28)22-32/h5-24H,3-4H2,1-2H3. The fraction of sp³-hybridized carbons (Fsp3) is 0.0952. The molecule has 6 nitrogen and oxygen atoms in total. The molecule has 0 aliphatic carbocycles. The number of benzene rings is 5. The number of carbonyl (C=O) groups excluding carboxylic acids is 2. The third-order valence-corrected chi connectivity index (χ3v) is 8.68. The van der Waals surface area contributed by atoms with E-state index in [4.69, 9.17) is 18.3 Å². The third-order valence-electron chi connectivity index (χ3n) is 8.68. The van der Waals surface area contributed by atoms with Crippen LogP contribution in [0.1, 0.15) is 34.6 Å². The van der Waals surface area contributed by atoms with Crippen LogP contribution >= 0.6 is 0 Å². The van der Waals surface area contributed by atoms with Crippen LogP contribution in [0.2, 0.25) is 0 Å². The van der Waals surface area contributed by atoms with Gasteiger partial charge in [0.05, 0.1) is 13.2 Å². The van der Waals surface area contributed by atoms with Crippen molar-refractivity contribution < 1.29 is 27.9 Å². The second-order valence-electron chi connectivity index (χ2n) is 11.7. The zero-order chi connectivity index (χ0) is 32.8. The Kier molecular flexibility index (Phi) is 7.26. The smallest absolute Gasteiger partial charge is 0.342 e. The van der Waals surface area contributed by atoms with Crippen LogP contribution in [0.3, 0.4) is 0 Å². The van der Waals surface area contributed by atoms with Crippen molar-refractivity contribution in [3.8, 4) is 0 Å².